The second-order valence-corrected chi connectivity index (χ2v) is 7.76. The van der Waals surface area contributed by atoms with Crippen LogP contribution in [0, 0.1) is 11.8 Å². The Morgan fingerprint density at radius 1 is 1.09 bits per heavy atom. The Labute approximate surface area is 194 Å². The second kappa shape index (κ2) is 10.4. The number of nitrogens with one attached hydrogen (secondary N) is 1. The van der Waals surface area contributed by atoms with E-state index < -0.39 is 18.1 Å². The maximum absolute atomic E-state index is 12.6. The molecule has 172 valence electrons. The fourth-order valence-electron chi connectivity index (χ4n) is 2.46. The van der Waals surface area contributed by atoms with Gasteiger partial charge in [0, 0.05) is 29.0 Å². The van der Waals surface area contributed by atoms with Crippen LogP contribution in [0.2, 0.25) is 0 Å². The zero-order chi connectivity index (χ0) is 24.0. The van der Waals surface area contributed by atoms with Gasteiger partial charge in [0.25, 0.3) is 0 Å². The Morgan fingerprint density at radius 2 is 1.85 bits per heavy atom. The number of hydrogen-bond donors (Lipinski definition) is 2. The Hall–Kier alpha value is -3.56. The smallest absolute Gasteiger partial charge is 0.495 e. The number of aromatic carboxylic acids is 1. The van der Waals surface area contributed by atoms with Crippen LogP contribution in [-0.4, -0.2) is 36.6 Å². The lowest BCUT2D eigenvalue weighted by atomic mass is 10.2. The van der Waals surface area contributed by atoms with Crippen molar-refractivity contribution in [3.05, 3.63) is 57.9 Å². The number of carboxylic acid groups (broad SMARTS) is 1. The predicted molar refractivity (Wildman–Crippen MR) is 117 cm³/mol. The van der Waals surface area contributed by atoms with Crippen molar-refractivity contribution in [2.75, 3.05) is 18.9 Å². The molecule has 2 N–H and O–H groups in total. The molecule has 0 bridgehead atoms. The van der Waals surface area contributed by atoms with Crippen LogP contribution in [0.4, 0.5) is 18.9 Å². The molecule has 7 nitrogen and oxygen atoms in total. The van der Waals surface area contributed by atoms with E-state index in [1.54, 1.807) is 11.4 Å². The van der Waals surface area contributed by atoms with Gasteiger partial charge in [-0.3, -0.25) is 0 Å². The first-order valence-electron chi connectivity index (χ1n) is 8.94. The maximum Gasteiger partial charge on any atom is 0.573 e. The molecule has 0 radical (unpaired) electrons. The first-order chi connectivity index (χ1) is 15.7. The van der Waals surface area contributed by atoms with Crippen LogP contribution >= 0.6 is 23.3 Å². The quantitative estimate of drug-likeness (QED) is 0.338. The number of ether oxygens (including phenoxy) is 3. The molecule has 0 aliphatic heterocycles. The third-order valence-corrected chi connectivity index (χ3v) is 5.55. The molecule has 0 amide bonds. The number of carboxylic acids is 1. The Morgan fingerprint density at radius 3 is 2.52 bits per heavy atom. The van der Waals surface area contributed by atoms with Gasteiger partial charge in [0.05, 0.1) is 25.5 Å². The average molecular weight is 496 g/mol. The normalized spacial score (nSPS) is 10.7. The highest BCUT2D eigenvalue weighted by atomic mass is 32.2. The summed E-state index contributed by atoms with van der Waals surface area (Å²) in [7, 11) is 2.67. The minimum atomic E-state index is -4.86. The molecule has 3 rings (SSSR count). The van der Waals surface area contributed by atoms with E-state index in [2.05, 4.69) is 26.3 Å². The molecule has 0 fully saturated rings. The first kappa shape index (κ1) is 24.1. The second-order valence-electron chi connectivity index (χ2n) is 6.08. The highest BCUT2D eigenvalue weighted by molar-refractivity contribution is 8.00. The number of nitrogens with zero attached hydrogens (tertiary/aromatic N) is 1. The van der Waals surface area contributed by atoms with Crippen LogP contribution in [0.3, 0.4) is 0 Å². The van der Waals surface area contributed by atoms with Crippen molar-refractivity contribution in [3.8, 4) is 29.1 Å². The number of anilines is 1. The SMILES string of the molecule is COc1cc(C(=O)O)ccc1NSc1csc(C#Cc2ccc(OC)c(OC(F)(F)F)c2)n1. The number of alkyl halides is 3. The van der Waals surface area contributed by atoms with Crippen molar-refractivity contribution in [3.63, 3.8) is 0 Å². The molecule has 0 saturated heterocycles. The molecular formula is C21H15F3N2O5S2. The van der Waals surface area contributed by atoms with Crippen LogP contribution in [0.25, 0.3) is 0 Å². The summed E-state index contributed by atoms with van der Waals surface area (Å²) in [6, 6.07) is 8.39. The van der Waals surface area contributed by atoms with E-state index >= 15 is 0 Å². The highest BCUT2D eigenvalue weighted by Crippen LogP contribution is 2.33. The van der Waals surface area contributed by atoms with E-state index in [0.717, 1.165) is 6.07 Å². The van der Waals surface area contributed by atoms with Crippen molar-refractivity contribution in [2.24, 2.45) is 0 Å². The number of benzene rings is 2. The van der Waals surface area contributed by atoms with Crippen LogP contribution < -0.4 is 18.9 Å². The lowest BCUT2D eigenvalue weighted by molar-refractivity contribution is -0.275. The summed E-state index contributed by atoms with van der Waals surface area (Å²) >= 11 is 2.42. The molecule has 1 heterocycles. The van der Waals surface area contributed by atoms with Crippen molar-refractivity contribution in [2.45, 2.75) is 11.4 Å². The predicted octanol–water partition coefficient (Wildman–Crippen LogP) is 5.28. The van der Waals surface area contributed by atoms with Crippen molar-refractivity contribution < 1.29 is 37.3 Å². The van der Waals surface area contributed by atoms with Gasteiger partial charge in [0.15, 0.2) is 16.5 Å². The molecule has 0 spiro atoms. The van der Waals surface area contributed by atoms with Gasteiger partial charge >= 0.3 is 12.3 Å². The van der Waals surface area contributed by atoms with E-state index in [0.29, 0.717) is 27.0 Å². The lowest BCUT2D eigenvalue weighted by Crippen LogP contribution is -2.17. The molecule has 0 atom stereocenters. The first-order valence-corrected chi connectivity index (χ1v) is 10.6. The topological polar surface area (TPSA) is 89.9 Å². The molecule has 0 aliphatic carbocycles. The summed E-state index contributed by atoms with van der Waals surface area (Å²) in [6.45, 7) is 0. The number of aromatic nitrogens is 1. The van der Waals surface area contributed by atoms with Gasteiger partial charge in [0.2, 0.25) is 0 Å². The van der Waals surface area contributed by atoms with Gasteiger partial charge in [-0.05, 0) is 36.3 Å². The largest absolute Gasteiger partial charge is 0.573 e. The number of thiazole rings is 1. The van der Waals surface area contributed by atoms with E-state index in [1.807, 2.05) is 0 Å². The van der Waals surface area contributed by atoms with Crippen LogP contribution in [0.15, 0.2) is 46.8 Å². The average Bonchev–Trinajstić information content (AvgIpc) is 3.23. The molecule has 12 heteroatoms. The number of carbonyl (C=O) groups is 1. The number of rotatable bonds is 7. The van der Waals surface area contributed by atoms with E-state index in [1.165, 1.54) is 61.8 Å². The minimum Gasteiger partial charge on any atom is -0.495 e. The zero-order valence-corrected chi connectivity index (χ0v) is 18.7. The molecular weight excluding hydrogens is 481 g/mol. The van der Waals surface area contributed by atoms with Crippen molar-refractivity contribution in [1.82, 2.24) is 4.98 Å². The summed E-state index contributed by atoms with van der Waals surface area (Å²) in [4.78, 5) is 15.4. The number of methoxy groups -OCH3 is 2. The van der Waals surface area contributed by atoms with Crippen LogP contribution in [0.1, 0.15) is 20.9 Å². The standard InChI is InChI=1S/C21H15F3N2O5S2/c1-29-15-7-3-12(9-17(15)31-21(22,23)24)4-8-18-25-19(11-32-18)33-26-14-6-5-13(20(27)28)10-16(14)30-2/h3,5-7,9-11,26H,1-2H3,(H,27,28). The molecule has 0 unspecified atom stereocenters. The minimum absolute atomic E-state index is 0.0660. The highest BCUT2D eigenvalue weighted by Gasteiger charge is 2.32. The molecule has 33 heavy (non-hydrogen) atoms. The van der Waals surface area contributed by atoms with Gasteiger partial charge in [0.1, 0.15) is 10.8 Å². The van der Waals surface area contributed by atoms with Gasteiger partial charge in [-0.1, -0.05) is 5.92 Å². The molecule has 0 aliphatic rings. The van der Waals surface area contributed by atoms with Gasteiger partial charge in [-0.25, -0.2) is 9.78 Å². The fraction of sp³-hybridized carbons (Fsp3) is 0.143. The molecule has 0 saturated carbocycles. The van der Waals surface area contributed by atoms with Crippen molar-refractivity contribution in [1.29, 1.82) is 0 Å². The molecule has 1 aromatic heterocycles. The summed E-state index contributed by atoms with van der Waals surface area (Å²) in [5.74, 6) is 4.29. The maximum atomic E-state index is 12.6. The number of hydrogen-bond acceptors (Lipinski definition) is 8. The van der Waals surface area contributed by atoms with Gasteiger partial charge in [-0.2, -0.15) is 0 Å². The summed E-state index contributed by atoms with van der Waals surface area (Å²) < 4.78 is 54.8. The Kier molecular flexibility index (Phi) is 7.57. The summed E-state index contributed by atoms with van der Waals surface area (Å²) in [5.41, 5.74) is 0.945. The monoisotopic (exact) mass is 496 g/mol. The van der Waals surface area contributed by atoms with Crippen LogP contribution in [0.5, 0.6) is 17.2 Å². The van der Waals surface area contributed by atoms with E-state index in [9.17, 15) is 18.0 Å². The summed E-state index contributed by atoms with van der Waals surface area (Å²) in [5, 5.41) is 11.8. The number of halogens is 3. The van der Waals surface area contributed by atoms with Gasteiger partial charge < -0.3 is 24.0 Å². The van der Waals surface area contributed by atoms with E-state index in [4.69, 9.17) is 14.6 Å². The molecule has 3 aromatic rings. The van der Waals surface area contributed by atoms with Crippen molar-refractivity contribution >= 4 is 34.9 Å². The summed E-state index contributed by atoms with van der Waals surface area (Å²) in [6.07, 6.45) is -4.86. The fourth-order valence-corrected chi connectivity index (χ4v) is 3.90. The lowest BCUT2D eigenvalue weighted by Gasteiger charge is -2.12. The van der Waals surface area contributed by atoms with Gasteiger partial charge in [-0.15, -0.1) is 24.5 Å². The third-order valence-electron chi connectivity index (χ3n) is 3.90. The third kappa shape index (κ3) is 6.71. The Balaban J connectivity index is 1.70. The van der Waals surface area contributed by atoms with Crippen LogP contribution in [-0.2, 0) is 0 Å². The zero-order valence-electron chi connectivity index (χ0n) is 17.0. The molecule has 2 aromatic carbocycles. The Bertz CT molecular complexity index is 1220. The van der Waals surface area contributed by atoms with E-state index in [-0.39, 0.29) is 11.3 Å².